The molecule has 0 aliphatic carbocycles. The van der Waals surface area contributed by atoms with Crippen molar-refractivity contribution >= 4 is 17.7 Å². The monoisotopic (exact) mass is 234 g/mol. The second-order valence-electron chi connectivity index (χ2n) is 3.35. The van der Waals surface area contributed by atoms with E-state index in [0.29, 0.717) is 5.95 Å². The van der Waals surface area contributed by atoms with E-state index in [1.165, 1.54) is 5.56 Å². The van der Waals surface area contributed by atoms with Gasteiger partial charge in [-0.15, -0.1) is 10.2 Å². The Bertz CT molecular complexity index is 452. The molecule has 0 amide bonds. The van der Waals surface area contributed by atoms with Crippen LogP contribution in [0.4, 0.5) is 5.95 Å². The highest BCUT2D eigenvalue weighted by atomic mass is 32.2. The molecule has 0 spiro atoms. The van der Waals surface area contributed by atoms with E-state index in [4.69, 9.17) is 5.73 Å². The highest BCUT2D eigenvalue weighted by molar-refractivity contribution is 7.99. The van der Waals surface area contributed by atoms with Crippen molar-refractivity contribution in [1.82, 2.24) is 14.8 Å². The molecular weight excluding hydrogens is 220 g/mol. The van der Waals surface area contributed by atoms with Crippen LogP contribution in [0, 0.1) is 0 Å². The van der Waals surface area contributed by atoms with Crippen LogP contribution in [-0.4, -0.2) is 20.5 Å². The van der Waals surface area contributed by atoms with Crippen molar-refractivity contribution in [3.63, 3.8) is 0 Å². The maximum absolute atomic E-state index is 5.80. The normalized spacial score (nSPS) is 10.6. The molecule has 1 heterocycles. The molecule has 0 aliphatic rings. The summed E-state index contributed by atoms with van der Waals surface area (Å²) in [4.78, 5) is 0. The second-order valence-corrected chi connectivity index (χ2v) is 4.58. The Labute approximate surface area is 98.9 Å². The number of nitrogen functional groups attached to an aromatic ring is 1. The quantitative estimate of drug-likeness (QED) is 0.822. The van der Waals surface area contributed by atoms with Crippen molar-refractivity contribution in [2.24, 2.45) is 0 Å². The summed E-state index contributed by atoms with van der Waals surface area (Å²) in [5.74, 6) is 1.44. The Morgan fingerprint density at radius 1 is 1.25 bits per heavy atom. The van der Waals surface area contributed by atoms with E-state index < -0.39 is 0 Å². The molecule has 1 aromatic heterocycles. The number of thioether (sulfide) groups is 1. The number of nitrogens with zero attached hydrogens (tertiary/aromatic N) is 3. The van der Waals surface area contributed by atoms with Crippen LogP contribution in [0.15, 0.2) is 35.5 Å². The van der Waals surface area contributed by atoms with Gasteiger partial charge in [-0.3, -0.25) is 4.57 Å². The number of rotatable bonds is 4. The molecule has 0 saturated carbocycles. The zero-order valence-electron chi connectivity index (χ0n) is 9.13. The molecule has 2 N–H and O–H groups in total. The van der Waals surface area contributed by atoms with E-state index in [1.54, 1.807) is 11.8 Å². The van der Waals surface area contributed by atoms with Crippen LogP contribution in [-0.2, 0) is 6.54 Å². The third-order valence-corrected chi connectivity index (χ3v) is 3.05. The number of nitrogens with two attached hydrogens (primary N) is 1. The molecule has 1 aromatic carbocycles. The van der Waals surface area contributed by atoms with Crippen molar-refractivity contribution < 1.29 is 0 Å². The predicted octanol–water partition coefficient (Wildman–Crippen LogP) is 2.02. The van der Waals surface area contributed by atoms with Crippen molar-refractivity contribution in [2.75, 3.05) is 11.5 Å². The highest BCUT2D eigenvalue weighted by Gasteiger charge is 2.09. The summed E-state index contributed by atoms with van der Waals surface area (Å²) < 4.78 is 1.93. The van der Waals surface area contributed by atoms with Gasteiger partial charge in [-0.05, 0) is 11.3 Å². The van der Waals surface area contributed by atoms with Gasteiger partial charge in [-0.25, -0.2) is 0 Å². The van der Waals surface area contributed by atoms with Gasteiger partial charge in [0.25, 0.3) is 0 Å². The van der Waals surface area contributed by atoms with E-state index in [9.17, 15) is 0 Å². The molecule has 0 unspecified atom stereocenters. The minimum Gasteiger partial charge on any atom is -0.368 e. The minimum absolute atomic E-state index is 0.472. The van der Waals surface area contributed by atoms with Crippen molar-refractivity contribution in [3.8, 4) is 0 Å². The lowest BCUT2D eigenvalue weighted by Crippen LogP contribution is -2.05. The molecule has 2 rings (SSSR count). The lowest BCUT2D eigenvalue weighted by atomic mass is 10.2. The van der Waals surface area contributed by atoms with Gasteiger partial charge < -0.3 is 5.73 Å². The first-order chi connectivity index (χ1) is 7.81. The van der Waals surface area contributed by atoms with Crippen LogP contribution in [0.1, 0.15) is 12.5 Å². The molecule has 0 saturated heterocycles. The van der Waals surface area contributed by atoms with Crippen LogP contribution in [0.5, 0.6) is 0 Å². The molecular formula is C11H14N4S. The van der Waals surface area contributed by atoms with Gasteiger partial charge in [0.2, 0.25) is 5.95 Å². The lowest BCUT2D eigenvalue weighted by Gasteiger charge is -2.06. The fourth-order valence-electron chi connectivity index (χ4n) is 1.45. The van der Waals surface area contributed by atoms with Crippen LogP contribution in [0.3, 0.4) is 0 Å². The molecule has 0 atom stereocenters. The Morgan fingerprint density at radius 2 is 2.00 bits per heavy atom. The zero-order valence-corrected chi connectivity index (χ0v) is 9.94. The smallest absolute Gasteiger partial charge is 0.222 e. The topological polar surface area (TPSA) is 56.7 Å². The first kappa shape index (κ1) is 11.0. The average molecular weight is 234 g/mol. The average Bonchev–Trinajstić information content (AvgIpc) is 2.64. The van der Waals surface area contributed by atoms with E-state index in [1.807, 2.05) is 22.8 Å². The molecule has 0 fully saturated rings. The van der Waals surface area contributed by atoms with Crippen LogP contribution in [0.2, 0.25) is 0 Å². The maximum atomic E-state index is 5.80. The molecule has 0 radical (unpaired) electrons. The van der Waals surface area contributed by atoms with Crippen molar-refractivity contribution in [3.05, 3.63) is 35.9 Å². The van der Waals surface area contributed by atoms with Crippen LogP contribution < -0.4 is 5.73 Å². The van der Waals surface area contributed by atoms with E-state index in [0.717, 1.165) is 17.5 Å². The SMILES string of the molecule is CCSc1nnc(N)n1Cc1ccccc1. The predicted molar refractivity (Wildman–Crippen MR) is 66.4 cm³/mol. The first-order valence-corrected chi connectivity index (χ1v) is 6.15. The molecule has 16 heavy (non-hydrogen) atoms. The van der Waals surface area contributed by atoms with Crippen LogP contribution >= 0.6 is 11.8 Å². The number of anilines is 1. The van der Waals surface area contributed by atoms with Gasteiger partial charge in [-0.1, -0.05) is 49.0 Å². The Kier molecular flexibility index (Phi) is 3.46. The Hall–Kier alpha value is -1.49. The third-order valence-electron chi connectivity index (χ3n) is 2.20. The fourth-order valence-corrected chi connectivity index (χ4v) is 2.12. The van der Waals surface area contributed by atoms with E-state index in [-0.39, 0.29) is 0 Å². The maximum Gasteiger partial charge on any atom is 0.222 e. The van der Waals surface area contributed by atoms with Gasteiger partial charge in [0.1, 0.15) is 0 Å². The number of hydrogen-bond acceptors (Lipinski definition) is 4. The Morgan fingerprint density at radius 3 is 2.69 bits per heavy atom. The van der Waals surface area contributed by atoms with Crippen molar-refractivity contribution in [2.45, 2.75) is 18.6 Å². The largest absolute Gasteiger partial charge is 0.368 e. The van der Waals surface area contributed by atoms with Gasteiger partial charge in [0.05, 0.1) is 6.54 Å². The minimum atomic E-state index is 0.472. The molecule has 0 aliphatic heterocycles. The van der Waals surface area contributed by atoms with E-state index in [2.05, 4.69) is 29.3 Å². The van der Waals surface area contributed by atoms with Gasteiger partial charge in [0, 0.05) is 0 Å². The molecule has 0 bridgehead atoms. The third kappa shape index (κ3) is 2.36. The summed E-state index contributed by atoms with van der Waals surface area (Å²) in [7, 11) is 0. The van der Waals surface area contributed by atoms with E-state index >= 15 is 0 Å². The highest BCUT2D eigenvalue weighted by Crippen LogP contribution is 2.18. The molecule has 2 aromatic rings. The summed E-state index contributed by atoms with van der Waals surface area (Å²) in [6.45, 7) is 2.81. The van der Waals surface area contributed by atoms with Gasteiger partial charge in [0.15, 0.2) is 5.16 Å². The summed E-state index contributed by atoms with van der Waals surface area (Å²) in [6, 6.07) is 10.2. The summed E-state index contributed by atoms with van der Waals surface area (Å²) in [5.41, 5.74) is 7.00. The lowest BCUT2D eigenvalue weighted by molar-refractivity contribution is 0.717. The molecule has 5 heteroatoms. The standard InChI is InChI=1S/C11H14N4S/c1-2-16-11-14-13-10(12)15(11)8-9-6-4-3-5-7-9/h3-7H,2,8H2,1H3,(H2,12,13). The van der Waals surface area contributed by atoms with Gasteiger partial charge >= 0.3 is 0 Å². The summed E-state index contributed by atoms with van der Waals surface area (Å²) in [5, 5.41) is 8.83. The molecule has 4 nitrogen and oxygen atoms in total. The zero-order chi connectivity index (χ0) is 11.4. The first-order valence-electron chi connectivity index (χ1n) is 5.16. The molecule has 84 valence electrons. The fraction of sp³-hybridized carbons (Fsp3) is 0.273. The number of benzene rings is 1. The summed E-state index contributed by atoms with van der Waals surface area (Å²) >= 11 is 1.65. The van der Waals surface area contributed by atoms with Crippen molar-refractivity contribution in [1.29, 1.82) is 0 Å². The number of hydrogen-bond donors (Lipinski definition) is 1. The van der Waals surface area contributed by atoms with Gasteiger partial charge in [-0.2, -0.15) is 0 Å². The number of aromatic nitrogens is 3. The second kappa shape index (κ2) is 5.03. The van der Waals surface area contributed by atoms with Crippen LogP contribution in [0.25, 0.3) is 0 Å². The summed E-state index contributed by atoms with van der Waals surface area (Å²) in [6.07, 6.45) is 0. The Balaban J connectivity index is 2.23.